The van der Waals surface area contributed by atoms with Crippen molar-refractivity contribution in [3.63, 3.8) is 0 Å². The fourth-order valence-corrected chi connectivity index (χ4v) is 1.80. The molecule has 0 N–H and O–H groups in total. The Balaban J connectivity index is 1.92. The lowest BCUT2D eigenvalue weighted by atomic mass is 10.2. The molecule has 0 saturated heterocycles. The maximum Gasteiger partial charge on any atom is 0.338 e. The van der Waals surface area contributed by atoms with E-state index in [-0.39, 0.29) is 0 Å². The van der Waals surface area contributed by atoms with Gasteiger partial charge >= 0.3 is 11.9 Å². The van der Waals surface area contributed by atoms with E-state index in [1.165, 1.54) is 18.2 Å². The van der Waals surface area contributed by atoms with E-state index in [0.717, 1.165) is 11.3 Å². The zero-order chi connectivity index (χ0) is 18.2. The summed E-state index contributed by atoms with van der Waals surface area (Å²) in [6.07, 6.45) is 2.97. The van der Waals surface area contributed by atoms with Gasteiger partial charge in [0.05, 0.1) is 7.11 Å². The number of hydrogen-bond donors (Lipinski definition) is 0. The van der Waals surface area contributed by atoms with Crippen molar-refractivity contribution in [3.8, 4) is 17.2 Å². The quantitative estimate of drug-likeness (QED) is 0.455. The van der Waals surface area contributed by atoms with Crippen LogP contribution in [0.2, 0.25) is 0 Å². The zero-order valence-electron chi connectivity index (χ0n) is 14.0. The highest BCUT2D eigenvalue weighted by atomic mass is 16.5. The van der Waals surface area contributed by atoms with Crippen LogP contribution in [0.3, 0.4) is 0 Å². The summed E-state index contributed by atoms with van der Waals surface area (Å²) < 4.78 is 15.3. The predicted molar refractivity (Wildman–Crippen MR) is 94.6 cm³/mol. The van der Waals surface area contributed by atoms with Crippen LogP contribution in [0.5, 0.6) is 17.2 Å². The smallest absolute Gasteiger partial charge is 0.338 e. The van der Waals surface area contributed by atoms with Gasteiger partial charge in [0.2, 0.25) is 0 Å². The molecule has 2 rings (SSSR count). The van der Waals surface area contributed by atoms with Gasteiger partial charge in [-0.3, -0.25) is 0 Å². The molecule has 0 radical (unpaired) electrons. The predicted octanol–water partition coefficient (Wildman–Crippen LogP) is 3.80. The van der Waals surface area contributed by atoms with Gasteiger partial charge in [-0.25, -0.2) is 9.59 Å². The van der Waals surface area contributed by atoms with Crippen LogP contribution in [0.25, 0.3) is 6.08 Å². The molecule has 5 heteroatoms. The number of benzene rings is 2. The standard InChI is InChI=1S/C20H18O5/c1-14(2)20(22)25-18-11-9-17(10-12-18)24-19(21)13-6-15-4-7-16(23-3)8-5-15/h4-13H,1H2,2-3H3/b13-6+. The second-order valence-corrected chi connectivity index (χ2v) is 5.17. The van der Waals surface area contributed by atoms with Gasteiger partial charge in [-0.1, -0.05) is 18.7 Å². The van der Waals surface area contributed by atoms with Crippen LogP contribution in [0.1, 0.15) is 12.5 Å². The molecule has 0 heterocycles. The summed E-state index contributed by atoms with van der Waals surface area (Å²) in [6.45, 7) is 5.07. The molecule has 0 bridgehead atoms. The molecular formula is C20H18O5. The van der Waals surface area contributed by atoms with E-state index in [9.17, 15) is 9.59 Å². The first-order chi connectivity index (χ1) is 12.0. The molecular weight excluding hydrogens is 320 g/mol. The Bertz CT molecular complexity index is 786. The minimum absolute atomic E-state index is 0.305. The highest BCUT2D eigenvalue weighted by molar-refractivity contribution is 5.89. The minimum Gasteiger partial charge on any atom is -0.497 e. The van der Waals surface area contributed by atoms with Gasteiger partial charge < -0.3 is 14.2 Å². The summed E-state index contributed by atoms with van der Waals surface area (Å²) in [5, 5.41) is 0. The Kier molecular flexibility index (Phi) is 6.12. The summed E-state index contributed by atoms with van der Waals surface area (Å²) in [6, 6.07) is 13.4. The fraction of sp³-hybridized carbons (Fsp3) is 0.100. The lowest BCUT2D eigenvalue weighted by molar-refractivity contribution is -0.130. The van der Waals surface area contributed by atoms with E-state index in [2.05, 4.69) is 6.58 Å². The molecule has 0 aliphatic heterocycles. The molecule has 0 fully saturated rings. The second kappa shape index (κ2) is 8.49. The molecule has 2 aromatic carbocycles. The maximum atomic E-state index is 11.8. The van der Waals surface area contributed by atoms with Crippen LogP contribution in [-0.2, 0) is 9.59 Å². The number of methoxy groups -OCH3 is 1. The summed E-state index contributed by atoms with van der Waals surface area (Å²) in [5.41, 5.74) is 1.15. The summed E-state index contributed by atoms with van der Waals surface area (Å²) in [7, 11) is 1.59. The number of esters is 2. The largest absolute Gasteiger partial charge is 0.497 e. The average molecular weight is 338 g/mol. The SMILES string of the molecule is C=C(C)C(=O)Oc1ccc(OC(=O)/C=C/c2ccc(OC)cc2)cc1. The number of ether oxygens (including phenoxy) is 3. The van der Waals surface area contributed by atoms with Crippen molar-refractivity contribution in [1.29, 1.82) is 0 Å². The Morgan fingerprint density at radius 2 is 1.40 bits per heavy atom. The molecule has 0 unspecified atom stereocenters. The van der Waals surface area contributed by atoms with Crippen molar-refractivity contribution in [2.75, 3.05) is 7.11 Å². The lowest BCUT2D eigenvalue weighted by Gasteiger charge is -2.05. The van der Waals surface area contributed by atoms with Gasteiger partial charge in [0, 0.05) is 11.6 Å². The number of carbonyl (C=O) groups is 2. The van der Waals surface area contributed by atoms with E-state index in [0.29, 0.717) is 17.1 Å². The molecule has 0 aliphatic rings. The average Bonchev–Trinajstić information content (AvgIpc) is 2.62. The lowest BCUT2D eigenvalue weighted by Crippen LogP contribution is -2.08. The van der Waals surface area contributed by atoms with Crippen molar-refractivity contribution in [1.82, 2.24) is 0 Å². The van der Waals surface area contributed by atoms with Crippen LogP contribution < -0.4 is 14.2 Å². The van der Waals surface area contributed by atoms with Crippen LogP contribution in [-0.4, -0.2) is 19.0 Å². The molecule has 0 atom stereocenters. The fourth-order valence-electron chi connectivity index (χ4n) is 1.80. The number of carbonyl (C=O) groups excluding carboxylic acids is 2. The topological polar surface area (TPSA) is 61.8 Å². The van der Waals surface area contributed by atoms with Gasteiger partial charge in [-0.2, -0.15) is 0 Å². The summed E-state index contributed by atoms with van der Waals surface area (Å²) in [5.74, 6) is 0.419. The van der Waals surface area contributed by atoms with Gasteiger partial charge in [-0.05, 0) is 55.0 Å². The van der Waals surface area contributed by atoms with Crippen molar-refractivity contribution in [3.05, 3.63) is 72.3 Å². The molecule has 25 heavy (non-hydrogen) atoms. The Labute approximate surface area is 146 Å². The third-order valence-electron chi connectivity index (χ3n) is 3.13. The molecule has 0 aromatic heterocycles. The molecule has 0 aliphatic carbocycles. The van der Waals surface area contributed by atoms with E-state index in [4.69, 9.17) is 14.2 Å². The van der Waals surface area contributed by atoms with E-state index in [1.807, 2.05) is 12.1 Å². The highest BCUT2D eigenvalue weighted by Gasteiger charge is 2.06. The van der Waals surface area contributed by atoms with E-state index >= 15 is 0 Å². The Hall–Kier alpha value is -3.34. The molecule has 5 nitrogen and oxygen atoms in total. The number of rotatable bonds is 6. The number of hydrogen-bond acceptors (Lipinski definition) is 5. The van der Waals surface area contributed by atoms with Crippen molar-refractivity contribution in [2.24, 2.45) is 0 Å². The van der Waals surface area contributed by atoms with Crippen molar-refractivity contribution in [2.45, 2.75) is 6.92 Å². The van der Waals surface area contributed by atoms with Gasteiger partial charge in [0.15, 0.2) is 0 Å². The Morgan fingerprint density at radius 1 is 0.880 bits per heavy atom. The first kappa shape index (κ1) is 18.0. The first-order valence-corrected chi connectivity index (χ1v) is 7.49. The van der Waals surface area contributed by atoms with Gasteiger partial charge in [-0.15, -0.1) is 0 Å². The third kappa shape index (κ3) is 5.66. The third-order valence-corrected chi connectivity index (χ3v) is 3.13. The summed E-state index contributed by atoms with van der Waals surface area (Å²) >= 11 is 0. The first-order valence-electron chi connectivity index (χ1n) is 7.49. The molecule has 128 valence electrons. The van der Waals surface area contributed by atoms with Crippen LogP contribution >= 0.6 is 0 Å². The second-order valence-electron chi connectivity index (χ2n) is 5.17. The minimum atomic E-state index is -0.512. The van der Waals surface area contributed by atoms with Crippen molar-refractivity contribution >= 4 is 18.0 Å². The van der Waals surface area contributed by atoms with Crippen molar-refractivity contribution < 1.29 is 23.8 Å². The Morgan fingerprint density at radius 3 is 1.92 bits per heavy atom. The highest BCUT2D eigenvalue weighted by Crippen LogP contribution is 2.19. The van der Waals surface area contributed by atoms with Gasteiger partial charge in [0.25, 0.3) is 0 Å². The van der Waals surface area contributed by atoms with Crippen LogP contribution in [0.4, 0.5) is 0 Å². The summed E-state index contributed by atoms with van der Waals surface area (Å²) in [4.78, 5) is 23.2. The molecule has 2 aromatic rings. The van der Waals surface area contributed by atoms with Gasteiger partial charge in [0.1, 0.15) is 17.2 Å². The van der Waals surface area contributed by atoms with Crippen LogP contribution in [0, 0.1) is 0 Å². The maximum absolute atomic E-state index is 11.8. The van der Waals surface area contributed by atoms with Crippen LogP contribution in [0.15, 0.2) is 66.8 Å². The molecule has 0 amide bonds. The monoisotopic (exact) mass is 338 g/mol. The van der Waals surface area contributed by atoms with E-state index < -0.39 is 11.9 Å². The zero-order valence-corrected chi connectivity index (χ0v) is 14.0. The van der Waals surface area contributed by atoms with E-state index in [1.54, 1.807) is 44.4 Å². The molecule has 0 saturated carbocycles. The molecule has 0 spiro atoms. The normalized spacial score (nSPS) is 10.3.